The molecule has 0 aromatic heterocycles. The molecule has 0 atom stereocenters. The minimum absolute atomic E-state index is 0.439. The van der Waals surface area contributed by atoms with Crippen molar-refractivity contribution in [2.75, 3.05) is 0 Å². The Balaban J connectivity index is 2.73. The predicted octanol–water partition coefficient (Wildman–Crippen LogP) is 9.31. The molecule has 0 heteroatoms. The maximum atomic E-state index is 2.95. The van der Waals surface area contributed by atoms with Crippen molar-refractivity contribution in [3.8, 4) is 0 Å². The van der Waals surface area contributed by atoms with E-state index < -0.39 is 0 Å². The maximum Gasteiger partial charge on any atom is 0.0595 e. The molecule has 4 aliphatic rings. The molecule has 0 unspecified atom stereocenters. The van der Waals surface area contributed by atoms with Crippen LogP contribution in [0.2, 0.25) is 0 Å². The fraction of sp³-hybridized carbons (Fsp3) is 0. The van der Waals surface area contributed by atoms with Gasteiger partial charge in [0.25, 0.3) is 0 Å². The predicted molar refractivity (Wildman–Crippen MR) is 211 cm³/mol. The average Bonchev–Trinajstić information content (AvgIpc) is 3.25. The smallest absolute Gasteiger partial charge is 0.0501 e. The third-order valence-corrected chi connectivity index (χ3v) is 4.88. The number of hydrogen-bond acceptors (Lipinski definition) is 0. The van der Waals surface area contributed by atoms with Gasteiger partial charge in [-0.25, -0.2) is 0 Å². The Bertz CT molecular complexity index is 4190. The van der Waals surface area contributed by atoms with Crippen molar-refractivity contribution in [1.82, 2.24) is 0 Å². The monoisotopic (exact) mass is 720 g/mol. The van der Waals surface area contributed by atoms with Crippen molar-refractivity contribution in [3.63, 3.8) is 0 Å². The topological polar surface area (TPSA) is 0 Å². The van der Waals surface area contributed by atoms with Crippen molar-refractivity contribution in [2.45, 2.75) is 0 Å². The van der Waals surface area contributed by atoms with Gasteiger partial charge in [-0.3, -0.25) is 0 Å². The fourth-order valence-corrected chi connectivity index (χ4v) is 2.81. The Morgan fingerprint density at radius 3 is 0.233 bits per heavy atom. The van der Waals surface area contributed by atoms with Crippen molar-refractivity contribution < 1.29 is 0 Å². The van der Waals surface area contributed by atoms with Crippen LogP contribution in [0.15, 0.2) is 343 Å². The maximum absolute atomic E-state index is 2.95. The molecule has 0 radical (unpaired) electrons. The third kappa shape index (κ3) is 20.7. The number of rotatable bonds is 0. The molecule has 0 aromatic rings. The molecule has 60 heavy (non-hydrogen) atoms. The van der Waals surface area contributed by atoms with Crippen molar-refractivity contribution >= 4 is 0 Å². The van der Waals surface area contributed by atoms with E-state index in [0.29, 0.717) is 22.3 Å². The first-order valence-electron chi connectivity index (χ1n) is 15.5. The summed E-state index contributed by atoms with van der Waals surface area (Å²) < 4.78 is 0. The summed E-state index contributed by atoms with van der Waals surface area (Å²) in [5.74, 6) is 0. The molecule has 0 aromatic carbocycles. The second-order valence-electron chi connectivity index (χ2n) is 8.50. The lowest BCUT2D eigenvalue weighted by Gasteiger charge is -2.20. The Labute approximate surface area is 341 Å². The van der Waals surface area contributed by atoms with Crippen LogP contribution in [0.25, 0.3) is 0 Å². The molecule has 4 bridgehead atoms. The highest BCUT2D eigenvalue weighted by atomic mass is 14.3. The van der Waals surface area contributed by atoms with Crippen LogP contribution in [0.3, 0.4) is 0 Å². The number of allylic oxidation sites excluding steroid dienone is 4. The van der Waals surface area contributed by atoms with Crippen LogP contribution in [-0.2, 0) is 0 Å². The molecule has 1 fully saturated rings. The average molecular weight is 721 g/mol. The summed E-state index contributed by atoms with van der Waals surface area (Å²) in [4.78, 5) is 0. The zero-order chi connectivity index (χ0) is 41.9. The molecule has 0 amide bonds. The number of hydrogen-bond donors (Lipinski definition) is 0. The van der Waals surface area contributed by atoms with E-state index in [-0.39, 0.29) is 0 Å². The van der Waals surface area contributed by atoms with Crippen LogP contribution in [0, 0.1) is 0 Å². The van der Waals surface area contributed by atoms with Gasteiger partial charge in [-0.1, -0.05) is 22.9 Å². The summed E-state index contributed by atoms with van der Waals surface area (Å²) >= 11 is 0. The summed E-state index contributed by atoms with van der Waals surface area (Å²) in [5.41, 5.74) is 147. The van der Waals surface area contributed by atoms with E-state index in [4.69, 9.17) is 0 Å². The zero-order valence-corrected chi connectivity index (χ0v) is 30.0. The normalized spacial score (nSPS) is 9.87. The van der Waals surface area contributed by atoms with Gasteiger partial charge < -0.3 is 0 Å². The van der Waals surface area contributed by atoms with Gasteiger partial charge in [0.1, 0.15) is 0 Å². The minimum atomic E-state index is 0.439. The van der Waals surface area contributed by atoms with Crippen LogP contribution in [0.5, 0.6) is 0 Å². The lowest BCUT2D eigenvalue weighted by Crippen LogP contribution is -2.09. The van der Waals surface area contributed by atoms with Gasteiger partial charge in [-0.15, -0.1) is 0 Å². The van der Waals surface area contributed by atoms with Gasteiger partial charge >= 0.3 is 0 Å². The van der Waals surface area contributed by atoms with Crippen LogP contribution < -0.4 is 0 Å². The van der Waals surface area contributed by atoms with E-state index in [0.717, 1.165) is 0 Å². The molecule has 0 nitrogen and oxygen atoms in total. The standard InChI is InChI=1S/C60/c1-2-4-6-8-10-14-18-22-26-30-34-38-42-46-50-54-58-59-55-51-47-43-39-35-31-27-23-19-15-11-12-16-20-24-28-32-36-40-44-48-52-56-60(58)57(59)53-49-45-41-37-33-29-25-21-17-13-9-7-5-3-1. The second-order valence-corrected chi connectivity index (χ2v) is 8.50. The Hall–Kier alpha value is -12.8. The first-order valence-corrected chi connectivity index (χ1v) is 15.5. The van der Waals surface area contributed by atoms with E-state index in [1.165, 1.54) is 0 Å². The Morgan fingerprint density at radius 1 is 0.0833 bits per heavy atom. The molecule has 0 saturated heterocycles. The van der Waals surface area contributed by atoms with E-state index >= 15 is 0 Å². The lowest BCUT2D eigenvalue weighted by molar-refractivity contribution is 1.26. The first kappa shape index (κ1) is 41.6. The molecular formula is C60. The van der Waals surface area contributed by atoms with Gasteiger partial charge in [0.05, 0.1) is 22.3 Å². The summed E-state index contributed by atoms with van der Waals surface area (Å²) in [6.45, 7) is 0. The molecule has 4 rings (SSSR count). The Morgan fingerprint density at radius 2 is 0.150 bits per heavy atom. The molecule has 1 saturated carbocycles. The largest absolute Gasteiger partial charge is 0.0595 e. The van der Waals surface area contributed by atoms with Gasteiger partial charge in [0, 0.05) is 115 Å². The molecule has 240 valence electrons. The SMILES string of the molecule is C1=C=C=C=C=C=C=C=C=C=C=C=C=C=C=C=C=C2C3=C=C=C=C=C=C=C=C=C=C=C=C=C=C=C=C=C=C=C=C=C=C=C=C=C2C3=C=C=C=C=C=C=C=C=C=C=C=C=C=C=C=1. The van der Waals surface area contributed by atoms with Crippen LogP contribution in [-0.4, -0.2) is 0 Å². The molecule has 0 aliphatic heterocycles. The highest BCUT2D eigenvalue weighted by molar-refractivity contribution is 5.77. The lowest BCUT2D eigenvalue weighted by atomic mass is 9.76. The van der Waals surface area contributed by atoms with Crippen LogP contribution >= 0.6 is 0 Å². The molecule has 4 aliphatic carbocycles. The molecular weight excluding hydrogens is 721 g/mol. The van der Waals surface area contributed by atoms with Crippen molar-refractivity contribution in [2.24, 2.45) is 0 Å². The summed E-state index contributed by atoms with van der Waals surface area (Å²) in [6, 6.07) is 0. The Kier molecular flexibility index (Phi) is 21.4. The minimum Gasteiger partial charge on any atom is -0.0501 e. The van der Waals surface area contributed by atoms with Gasteiger partial charge in [-0.2, -0.15) is 0 Å². The van der Waals surface area contributed by atoms with Gasteiger partial charge in [-0.05, 0) is 183 Å². The van der Waals surface area contributed by atoms with E-state index in [2.05, 4.69) is 321 Å². The first-order chi connectivity index (χ1) is 30.0. The van der Waals surface area contributed by atoms with Crippen LogP contribution in [0.1, 0.15) is 0 Å². The van der Waals surface area contributed by atoms with Gasteiger partial charge in [0.2, 0.25) is 0 Å². The third-order valence-electron chi connectivity index (χ3n) is 4.88. The van der Waals surface area contributed by atoms with E-state index in [1.807, 2.05) is 0 Å². The molecule has 0 N–H and O–H groups in total. The fourth-order valence-electron chi connectivity index (χ4n) is 2.81. The molecule has 0 spiro atoms. The van der Waals surface area contributed by atoms with Crippen molar-refractivity contribution in [3.05, 3.63) is 343 Å². The molecule has 0 heterocycles. The summed E-state index contributed by atoms with van der Waals surface area (Å²) in [5, 5.41) is 0. The second kappa shape index (κ2) is 30.9. The van der Waals surface area contributed by atoms with E-state index in [1.54, 1.807) is 0 Å². The zero-order valence-electron chi connectivity index (χ0n) is 30.0. The van der Waals surface area contributed by atoms with Gasteiger partial charge in [0.15, 0.2) is 0 Å². The van der Waals surface area contributed by atoms with E-state index in [9.17, 15) is 0 Å². The van der Waals surface area contributed by atoms with Crippen molar-refractivity contribution in [1.29, 1.82) is 0 Å². The quantitative estimate of drug-likeness (QED) is 0.219. The summed E-state index contributed by atoms with van der Waals surface area (Å²) in [6.07, 6.45) is 0. The summed E-state index contributed by atoms with van der Waals surface area (Å²) in [7, 11) is 0. The van der Waals surface area contributed by atoms with Crippen LogP contribution in [0.4, 0.5) is 0 Å². The highest BCUT2D eigenvalue weighted by Crippen LogP contribution is 2.41. The highest BCUT2D eigenvalue weighted by Gasteiger charge is 2.30.